The van der Waals surface area contributed by atoms with Crippen molar-refractivity contribution in [1.29, 1.82) is 0 Å². The molecule has 7 nitrogen and oxygen atoms in total. The van der Waals surface area contributed by atoms with Gasteiger partial charge in [0.15, 0.2) is 0 Å². The Hall–Kier alpha value is -1.79. The van der Waals surface area contributed by atoms with Crippen molar-refractivity contribution in [3.8, 4) is 0 Å². The molecule has 0 saturated heterocycles. The first-order valence-electron chi connectivity index (χ1n) is 6.44. The van der Waals surface area contributed by atoms with Gasteiger partial charge in [-0.15, -0.1) is 0 Å². The first kappa shape index (κ1) is 17.2. The van der Waals surface area contributed by atoms with E-state index >= 15 is 0 Å². The lowest BCUT2D eigenvalue weighted by Crippen LogP contribution is -2.47. The summed E-state index contributed by atoms with van der Waals surface area (Å²) < 4.78 is 0. The summed E-state index contributed by atoms with van der Waals surface area (Å²) in [6.07, 6.45) is 1.37. The minimum Gasteiger partial charge on any atom is -0.480 e. The lowest BCUT2D eigenvalue weighted by molar-refractivity contribution is -0.141. The summed E-state index contributed by atoms with van der Waals surface area (Å²) in [5, 5.41) is 14.1. The van der Waals surface area contributed by atoms with E-state index in [-0.39, 0.29) is 18.9 Å². The number of carbonyl (C=O) groups excluding carboxylic acids is 2. The molecule has 3 N–H and O–H groups in total. The molecule has 0 aromatic heterocycles. The third-order valence-corrected chi connectivity index (χ3v) is 2.66. The topological polar surface area (TPSA) is 98.7 Å². The molecule has 110 valence electrons. The van der Waals surface area contributed by atoms with Crippen LogP contribution in [0.25, 0.3) is 0 Å². The number of carboxylic acid groups (broad SMARTS) is 1. The summed E-state index contributed by atoms with van der Waals surface area (Å²) in [6, 6.07) is -1.34. The van der Waals surface area contributed by atoms with Crippen molar-refractivity contribution < 1.29 is 19.5 Å². The molecule has 0 aliphatic carbocycles. The smallest absolute Gasteiger partial charge is 0.326 e. The summed E-state index contributed by atoms with van der Waals surface area (Å²) >= 11 is 0. The average molecular weight is 273 g/mol. The minimum atomic E-state index is -1.04. The van der Waals surface area contributed by atoms with Gasteiger partial charge in [-0.25, -0.2) is 9.59 Å². The number of hydrogen-bond acceptors (Lipinski definition) is 3. The van der Waals surface area contributed by atoms with E-state index in [1.165, 1.54) is 7.05 Å². The van der Waals surface area contributed by atoms with Crippen LogP contribution in [-0.4, -0.2) is 54.1 Å². The Morgan fingerprint density at radius 1 is 1.16 bits per heavy atom. The first-order chi connectivity index (χ1) is 8.93. The second-order valence-corrected chi connectivity index (χ2v) is 4.21. The highest BCUT2D eigenvalue weighted by molar-refractivity contribution is 5.83. The van der Waals surface area contributed by atoms with Crippen LogP contribution in [-0.2, 0) is 9.59 Å². The summed E-state index contributed by atoms with van der Waals surface area (Å²) in [5.74, 6) is -1.17. The number of hydrogen-bond donors (Lipinski definition) is 3. The lowest BCUT2D eigenvalue weighted by Gasteiger charge is -2.23. The molecule has 1 atom stereocenters. The minimum absolute atomic E-state index is 0.130. The molecule has 0 rings (SSSR count). The zero-order valence-electron chi connectivity index (χ0n) is 11.7. The number of carbonyl (C=O) groups is 3. The molecule has 0 radical (unpaired) electrons. The van der Waals surface area contributed by atoms with Gasteiger partial charge in [-0.3, -0.25) is 4.79 Å². The normalized spacial score (nSPS) is 11.5. The van der Waals surface area contributed by atoms with E-state index in [2.05, 4.69) is 10.6 Å². The highest BCUT2D eigenvalue weighted by Crippen LogP contribution is 2.02. The number of rotatable bonds is 8. The number of amides is 3. The van der Waals surface area contributed by atoms with Crippen molar-refractivity contribution in [2.45, 2.75) is 39.2 Å². The van der Waals surface area contributed by atoms with Crippen LogP contribution >= 0.6 is 0 Å². The SMILES string of the molecule is CCCNC(=O)CCNC(=O)N(C)C(CC)C(=O)O. The highest BCUT2D eigenvalue weighted by Gasteiger charge is 2.24. The molecule has 0 spiro atoms. The van der Waals surface area contributed by atoms with Gasteiger partial charge < -0.3 is 20.6 Å². The van der Waals surface area contributed by atoms with E-state index in [0.717, 1.165) is 11.3 Å². The van der Waals surface area contributed by atoms with E-state index in [9.17, 15) is 14.4 Å². The van der Waals surface area contributed by atoms with E-state index in [0.29, 0.717) is 13.0 Å². The molecular formula is C12H23N3O4. The van der Waals surface area contributed by atoms with Gasteiger partial charge in [-0.2, -0.15) is 0 Å². The van der Waals surface area contributed by atoms with Crippen LogP contribution in [0.5, 0.6) is 0 Å². The number of likely N-dealkylation sites (N-methyl/N-ethyl adjacent to an activating group) is 1. The highest BCUT2D eigenvalue weighted by atomic mass is 16.4. The quantitative estimate of drug-likeness (QED) is 0.596. The maximum Gasteiger partial charge on any atom is 0.326 e. The molecule has 7 heteroatoms. The van der Waals surface area contributed by atoms with Crippen molar-refractivity contribution in [2.24, 2.45) is 0 Å². The summed E-state index contributed by atoms with van der Waals surface area (Å²) in [5.41, 5.74) is 0. The van der Waals surface area contributed by atoms with Crippen molar-refractivity contribution in [1.82, 2.24) is 15.5 Å². The van der Waals surface area contributed by atoms with Gasteiger partial charge in [0, 0.05) is 26.6 Å². The molecule has 0 saturated carbocycles. The standard InChI is InChI=1S/C12H23N3O4/c1-4-7-13-10(16)6-8-14-12(19)15(3)9(5-2)11(17)18/h9H,4-8H2,1-3H3,(H,13,16)(H,14,19)(H,17,18). The fraction of sp³-hybridized carbons (Fsp3) is 0.750. The molecular weight excluding hydrogens is 250 g/mol. The Morgan fingerprint density at radius 3 is 2.26 bits per heavy atom. The van der Waals surface area contributed by atoms with Crippen molar-refractivity contribution in [2.75, 3.05) is 20.1 Å². The Labute approximate surface area is 113 Å². The van der Waals surface area contributed by atoms with Gasteiger partial charge in [0.1, 0.15) is 6.04 Å². The van der Waals surface area contributed by atoms with Crippen LogP contribution in [0, 0.1) is 0 Å². The van der Waals surface area contributed by atoms with Gasteiger partial charge in [0.2, 0.25) is 5.91 Å². The third-order valence-electron chi connectivity index (χ3n) is 2.66. The second-order valence-electron chi connectivity index (χ2n) is 4.21. The molecule has 0 aromatic carbocycles. The number of carboxylic acids is 1. The maximum atomic E-state index is 11.7. The fourth-order valence-electron chi connectivity index (χ4n) is 1.52. The molecule has 0 bridgehead atoms. The van der Waals surface area contributed by atoms with Crippen LogP contribution in [0.1, 0.15) is 33.1 Å². The van der Waals surface area contributed by atoms with Crippen molar-refractivity contribution in [3.05, 3.63) is 0 Å². The van der Waals surface area contributed by atoms with Crippen LogP contribution < -0.4 is 10.6 Å². The maximum absolute atomic E-state index is 11.7. The molecule has 0 heterocycles. The monoisotopic (exact) mass is 273 g/mol. The summed E-state index contributed by atoms with van der Waals surface area (Å²) in [7, 11) is 1.43. The van der Waals surface area contributed by atoms with Gasteiger partial charge >= 0.3 is 12.0 Å². The average Bonchev–Trinajstić information content (AvgIpc) is 2.36. The lowest BCUT2D eigenvalue weighted by atomic mass is 10.2. The molecule has 0 fully saturated rings. The molecule has 0 aromatic rings. The zero-order valence-corrected chi connectivity index (χ0v) is 11.7. The number of nitrogens with zero attached hydrogens (tertiary/aromatic N) is 1. The van der Waals surface area contributed by atoms with E-state index in [1.54, 1.807) is 6.92 Å². The summed E-state index contributed by atoms with van der Waals surface area (Å²) in [4.78, 5) is 35.0. The van der Waals surface area contributed by atoms with Crippen molar-refractivity contribution >= 4 is 17.9 Å². The Kier molecular flexibility index (Phi) is 8.32. The van der Waals surface area contributed by atoms with E-state index in [1.807, 2.05) is 6.92 Å². The number of urea groups is 1. The number of nitrogens with one attached hydrogen (secondary N) is 2. The predicted octanol–water partition coefficient (Wildman–Crippen LogP) is 0.407. The first-order valence-corrected chi connectivity index (χ1v) is 6.44. The zero-order chi connectivity index (χ0) is 14.8. The third kappa shape index (κ3) is 6.64. The number of aliphatic carboxylic acids is 1. The van der Waals surface area contributed by atoms with Gasteiger partial charge in [-0.05, 0) is 12.8 Å². The van der Waals surface area contributed by atoms with Crippen LogP contribution in [0.15, 0.2) is 0 Å². The summed E-state index contributed by atoms with van der Waals surface area (Å²) in [6.45, 7) is 4.45. The second kappa shape index (κ2) is 9.18. The molecule has 3 amide bonds. The van der Waals surface area contributed by atoms with Gasteiger partial charge in [-0.1, -0.05) is 13.8 Å². The van der Waals surface area contributed by atoms with Crippen LogP contribution in [0.2, 0.25) is 0 Å². The van der Waals surface area contributed by atoms with Crippen LogP contribution in [0.4, 0.5) is 4.79 Å². The van der Waals surface area contributed by atoms with Crippen molar-refractivity contribution in [3.63, 3.8) is 0 Å². The van der Waals surface area contributed by atoms with Crippen LogP contribution in [0.3, 0.4) is 0 Å². The molecule has 0 aliphatic rings. The van der Waals surface area contributed by atoms with Gasteiger partial charge in [0.05, 0.1) is 0 Å². The fourth-order valence-corrected chi connectivity index (χ4v) is 1.52. The Morgan fingerprint density at radius 2 is 1.79 bits per heavy atom. The molecule has 1 unspecified atom stereocenters. The Bertz CT molecular complexity index is 320. The largest absolute Gasteiger partial charge is 0.480 e. The van der Waals surface area contributed by atoms with E-state index in [4.69, 9.17) is 5.11 Å². The molecule has 19 heavy (non-hydrogen) atoms. The van der Waals surface area contributed by atoms with Gasteiger partial charge in [0.25, 0.3) is 0 Å². The molecule has 0 aliphatic heterocycles. The van der Waals surface area contributed by atoms with E-state index < -0.39 is 18.0 Å². The predicted molar refractivity (Wildman–Crippen MR) is 70.8 cm³/mol. The Balaban J connectivity index is 4.03.